The number of nitrogens with two attached hydrogens (primary N) is 1. The van der Waals surface area contributed by atoms with Crippen molar-refractivity contribution >= 4 is 5.91 Å². The molecule has 0 aromatic carbocycles. The first-order valence-corrected chi connectivity index (χ1v) is 4.45. The molecule has 1 fully saturated rings. The van der Waals surface area contributed by atoms with E-state index in [2.05, 4.69) is 0 Å². The third-order valence-corrected chi connectivity index (χ3v) is 2.01. The van der Waals surface area contributed by atoms with Gasteiger partial charge in [-0.1, -0.05) is 6.92 Å². The van der Waals surface area contributed by atoms with Gasteiger partial charge in [-0.15, -0.1) is 0 Å². The van der Waals surface area contributed by atoms with Crippen LogP contribution in [0.2, 0.25) is 0 Å². The Labute approximate surface area is 72.6 Å². The van der Waals surface area contributed by atoms with E-state index < -0.39 is 6.04 Å². The summed E-state index contributed by atoms with van der Waals surface area (Å²) in [6.07, 6.45) is 2.71. The first-order valence-electron chi connectivity index (χ1n) is 4.45. The number of carbonyl (C=O) groups is 1. The topological polar surface area (TPSA) is 55.6 Å². The van der Waals surface area contributed by atoms with Crippen molar-refractivity contribution in [2.75, 3.05) is 13.2 Å². The van der Waals surface area contributed by atoms with Crippen LogP contribution in [-0.2, 0) is 9.63 Å². The van der Waals surface area contributed by atoms with Crippen LogP contribution < -0.4 is 5.73 Å². The zero-order chi connectivity index (χ0) is 8.97. The third-order valence-electron chi connectivity index (χ3n) is 2.01. The number of amides is 1. The molecule has 0 aromatic heterocycles. The minimum Gasteiger partial charge on any atom is -0.320 e. The monoisotopic (exact) mass is 172 g/mol. The maximum Gasteiger partial charge on any atom is 0.262 e. The highest BCUT2D eigenvalue weighted by atomic mass is 16.7. The van der Waals surface area contributed by atoms with Crippen molar-refractivity contribution in [3.63, 3.8) is 0 Å². The molecule has 1 aliphatic rings. The van der Waals surface area contributed by atoms with Gasteiger partial charge in [0.25, 0.3) is 5.91 Å². The molecule has 1 heterocycles. The van der Waals surface area contributed by atoms with Crippen LogP contribution in [0, 0.1) is 0 Å². The van der Waals surface area contributed by atoms with E-state index >= 15 is 0 Å². The summed E-state index contributed by atoms with van der Waals surface area (Å²) in [5.74, 6) is -0.0859. The number of rotatable bonds is 2. The molecule has 1 saturated heterocycles. The van der Waals surface area contributed by atoms with Crippen molar-refractivity contribution in [2.45, 2.75) is 32.2 Å². The van der Waals surface area contributed by atoms with Crippen molar-refractivity contribution in [1.29, 1.82) is 0 Å². The van der Waals surface area contributed by atoms with Crippen molar-refractivity contribution in [3.05, 3.63) is 0 Å². The Morgan fingerprint density at radius 2 is 2.42 bits per heavy atom. The number of hydrogen-bond acceptors (Lipinski definition) is 3. The second-order valence-electron chi connectivity index (χ2n) is 3.00. The molecule has 1 rings (SSSR count). The molecule has 0 saturated carbocycles. The second kappa shape index (κ2) is 4.42. The first kappa shape index (κ1) is 9.48. The highest BCUT2D eigenvalue weighted by Gasteiger charge is 2.22. The summed E-state index contributed by atoms with van der Waals surface area (Å²) in [7, 11) is 0. The average Bonchev–Trinajstić information content (AvgIpc) is 2.17. The van der Waals surface area contributed by atoms with Crippen LogP contribution in [0.25, 0.3) is 0 Å². The Morgan fingerprint density at radius 3 is 2.92 bits per heavy atom. The smallest absolute Gasteiger partial charge is 0.262 e. The fourth-order valence-corrected chi connectivity index (χ4v) is 1.13. The molecule has 12 heavy (non-hydrogen) atoms. The van der Waals surface area contributed by atoms with Gasteiger partial charge in [0.1, 0.15) is 0 Å². The lowest BCUT2D eigenvalue weighted by atomic mass is 10.2. The van der Waals surface area contributed by atoms with E-state index in [4.69, 9.17) is 10.6 Å². The Hall–Kier alpha value is -0.610. The lowest BCUT2D eigenvalue weighted by molar-refractivity contribution is -0.198. The SMILES string of the molecule is CCC(N)C(=O)N1CCCCO1. The molecule has 70 valence electrons. The van der Waals surface area contributed by atoms with Crippen LogP contribution in [0.5, 0.6) is 0 Å². The van der Waals surface area contributed by atoms with E-state index in [1.54, 1.807) is 0 Å². The van der Waals surface area contributed by atoms with Gasteiger partial charge in [0.15, 0.2) is 0 Å². The Bertz CT molecular complexity index is 155. The summed E-state index contributed by atoms with van der Waals surface area (Å²) in [5, 5.41) is 1.40. The molecule has 1 unspecified atom stereocenters. The van der Waals surface area contributed by atoms with Gasteiger partial charge in [-0.25, -0.2) is 5.06 Å². The van der Waals surface area contributed by atoms with Crippen molar-refractivity contribution in [2.24, 2.45) is 5.73 Å². The van der Waals surface area contributed by atoms with Crippen LogP contribution in [0.3, 0.4) is 0 Å². The highest BCUT2D eigenvalue weighted by Crippen LogP contribution is 2.07. The summed E-state index contributed by atoms with van der Waals surface area (Å²) < 4.78 is 0. The van der Waals surface area contributed by atoms with Gasteiger partial charge in [0.05, 0.1) is 12.6 Å². The molecule has 0 aliphatic carbocycles. The summed E-state index contributed by atoms with van der Waals surface area (Å²) in [4.78, 5) is 16.6. The van der Waals surface area contributed by atoms with E-state index in [1.807, 2.05) is 6.92 Å². The number of hydrogen-bond donors (Lipinski definition) is 1. The van der Waals surface area contributed by atoms with Crippen molar-refractivity contribution in [1.82, 2.24) is 5.06 Å². The fourth-order valence-electron chi connectivity index (χ4n) is 1.13. The van der Waals surface area contributed by atoms with Gasteiger partial charge in [-0.05, 0) is 19.3 Å². The van der Waals surface area contributed by atoms with Crippen LogP contribution in [0.1, 0.15) is 26.2 Å². The Balaban J connectivity index is 2.39. The summed E-state index contributed by atoms with van der Waals surface area (Å²) in [5.41, 5.74) is 5.58. The van der Waals surface area contributed by atoms with E-state index in [1.165, 1.54) is 5.06 Å². The fraction of sp³-hybridized carbons (Fsp3) is 0.875. The second-order valence-corrected chi connectivity index (χ2v) is 3.00. The number of nitrogens with zero attached hydrogens (tertiary/aromatic N) is 1. The highest BCUT2D eigenvalue weighted by molar-refractivity contribution is 5.80. The zero-order valence-electron chi connectivity index (χ0n) is 7.45. The zero-order valence-corrected chi connectivity index (χ0v) is 7.45. The van der Waals surface area contributed by atoms with Gasteiger partial charge in [-0.2, -0.15) is 0 Å². The predicted molar refractivity (Wildman–Crippen MR) is 45.2 cm³/mol. The predicted octanol–water partition coefficient (Wildman–Crippen LogP) is 0.278. The molecule has 0 spiro atoms. The molecule has 4 nitrogen and oxygen atoms in total. The minimum absolute atomic E-state index is 0.0859. The summed E-state index contributed by atoms with van der Waals surface area (Å²) in [6.45, 7) is 3.22. The van der Waals surface area contributed by atoms with Gasteiger partial charge in [-0.3, -0.25) is 9.63 Å². The minimum atomic E-state index is -0.400. The summed E-state index contributed by atoms with van der Waals surface area (Å²) in [6, 6.07) is -0.400. The quantitative estimate of drug-likeness (QED) is 0.650. The standard InChI is InChI=1S/C8H16N2O2/c1-2-7(9)8(11)10-5-3-4-6-12-10/h7H,2-6,9H2,1H3. The lowest BCUT2D eigenvalue weighted by Gasteiger charge is -2.27. The Kier molecular flexibility index (Phi) is 3.49. The molecule has 1 amide bonds. The molecule has 0 aromatic rings. The molecular formula is C8H16N2O2. The number of hydroxylamine groups is 2. The maximum absolute atomic E-state index is 11.4. The van der Waals surface area contributed by atoms with Gasteiger partial charge in [0.2, 0.25) is 0 Å². The van der Waals surface area contributed by atoms with Crippen molar-refractivity contribution < 1.29 is 9.63 Å². The third kappa shape index (κ3) is 2.19. The number of carbonyl (C=O) groups excluding carboxylic acids is 1. The van der Waals surface area contributed by atoms with Gasteiger partial charge in [0, 0.05) is 6.54 Å². The van der Waals surface area contributed by atoms with Gasteiger partial charge >= 0.3 is 0 Å². The first-order chi connectivity index (χ1) is 5.75. The average molecular weight is 172 g/mol. The summed E-state index contributed by atoms with van der Waals surface area (Å²) >= 11 is 0. The maximum atomic E-state index is 11.4. The molecule has 0 radical (unpaired) electrons. The normalized spacial score (nSPS) is 20.7. The molecule has 1 atom stereocenters. The van der Waals surface area contributed by atoms with E-state index in [9.17, 15) is 4.79 Å². The van der Waals surface area contributed by atoms with Crippen molar-refractivity contribution in [3.8, 4) is 0 Å². The largest absolute Gasteiger partial charge is 0.320 e. The molecule has 0 bridgehead atoms. The molecule has 1 aliphatic heterocycles. The lowest BCUT2D eigenvalue weighted by Crippen LogP contribution is -2.45. The van der Waals surface area contributed by atoms with Crippen LogP contribution in [-0.4, -0.2) is 30.2 Å². The van der Waals surface area contributed by atoms with E-state index in [0.717, 1.165) is 12.8 Å². The van der Waals surface area contributed by atoms with Crippen LogP contribution in [0.15, 0.2) is 0 Å². The van der Waals surface area contributed by atoms with Gasteiger partial charge < -0.3 is 5.73 Å². The van der Waals surface area contributed by atoms with E-state index in [-0.39, 0.29) is 5.91 Å². The van der Waals surface area contributed by atoms with E-state index in [0.29, 0.717) is 19.6 Å². The molecule has 2 N–H and O–H groups in total. The van der Waals surface area contributed by atoms with Crippen LogP contribution >= 0.6 is 0 Å². The van der Waals surface area contributed by atoms with Crippen LogP contribution in [0.4, 0.5) is 0 Å². The Morgan fingerprint density at radius 1 is 1.67 bits per heavy atom. The molecule has 4 heteroatoms. The molecular weight excluding hydrogens is 156 g/mol.